The second kappa shape index (κ2) is 16.1. The molecule has 1 aliphatic rings. The molecule has 0 atom stereocenters. The van der Waals surface area contributed by atoms with Gasteiger partial charge < -0.3 is 29.9 Å². The van der Waals surface area contributed by atoms with E-state index in [0.717, 1.165) is 12.0 Å². The van der Waals surface area contributed by atoms with Crippen LogP contribution in [0.5, 0.6) is 5.75 Å². The van der Waals surface area contributed by atoms with E-state index in [-0.39, 0.29) is 24.8 Å². The van der Waals surface area contributed by atoms with E-state index < -0.39 is 8.07 Å². The molecule has 4 rings (SSSR count). The van der Waals surface area contributed by atoms with Crippen molar-refractivity contribution in [3.63, 3.8) is 0 Å². The fourth-order valence-electron chi connectivity index (χ4n) is 3.09. The third kappa shape index (κ3) is 11.6. The van der Waals surface area contributed by atoms with Gasteiger partial charge in [-0.15, -0.1) is 6.42 Å². The van der Waals surface area contributed by atoms with Gasteiger partial charge in [0, 0.05) is 0 Å². The molecule has 1 nitrogen and oxygen atoms in total. The first-order chi connectivity index (χ1) is 15.2. The van der Waals surface area contributed by atoms with Crippen LogP contribution < -0.4 is 30.0 Å². The zero-order chi connectivity index (χ0) is 23.6. The molecule has 0 aromatic heterocycles. The Kier molecular flexibility index (Phi) is 15.3. The maximum absolute atomic E-state index is 9.38. The van der Waals surface area contributed by atoms with E-state index in [4.69, 9.17) is 0 Å². The number of allylic oxidation sites excluding steroid dienone is 4. The molecule has 0 radical (unpaired) electrons. The number of phenolic OH excluding ortho intramolecular Hbond substituents is 1. The molecule has 0 aliphatic heterocycles. The Bertz CT molecular complexity index is 1010. The summed E-state index contributed by atoms with van der Waals surface area (Å²) in [6.07, 6.45) is 8.33. The third-order valence-corrected chi connectivity index (χ3v) is 7.84. The predicted molar refractivity (Wildman–Crippen MR) is 138 cm³/mol. The van der Waals surface area contributed by atoms with Gasteiger partial charge in [0.05, 0.1) is 8.07 Å². The molecule has 1 N–H and O–H groups in total. The van der Waals surface area contributed by atoms with Crippen LogP contribution in [0.4, 0.5) is 0 Å². The first-order valence-corrected chi connectivity index (χ1v) is 15.2. The summed E-state index contributed by atoms with van der Waals surface area (Å²) in [7, 11) is -1.26. The molecule has 1 aliphatic carbocycles. The topological polar surface area (TPSA) is 20.2 Å². The maximum atomic E-state index is 9.38. The molecule has 3 aromatic rings. The zero-order valence-corrected chi connectivity index (χ0v) is 24.6. The van der Waals surface area contributed by atoms with Gasteiger partial charge in [-0.1, -0.05) is 37.8 Å². The summed E-state index contributed by atoms with van der Waals surface area (Å²) in [4.78, 5) is 0. The van der Waals surface area contributed by atoms with Crippen LogP contribution in [0.3, 0.4) is 0 Å². The Morgan fingerprint density at radius 3 is 1.65 bits per heavy atom. The van der Waals surface area contributed by atoms with E-state index in [9.17, 15) is 5.11 Å². The van der Waals surface area contributed by atoms with E-state index in [1.165, 1.54) is 25.7 Å². The predicted octanol–water partition coefficient (Wildman–Crippen LogP) is 0.752. The molecule has 5 heteroatoms. The monoisotopic (exact) mass is 543 g/mol. The summed E-state index contributed by atoms with van der Waals surface area (Å²) in [6, 6.07) is 26.8. The van der Waals surface area contributed by atoms with E-state index >= 15 is 0 Å². The number of benzene rings is 3. The van der Waals surface area contributed by atoms with Gasteiger partial charge in [0.25, 0.3) is 0 Å². The van der Waals surface area contributed by atoms with Crippen molar-refractivity contribution in [3.8, 4) is 5.75 Å². The molecule has 0 saturated heterocycles. The molecule has 0 amide bonds. The Morgan fingerprint density at radius 1 is 0.824 bits per heavy atom. The van der Waals surface area contributed by atoms with Crippen molar-refractivity contribution < 1.29 is 49.9 Å². The summed E-state index contributed by atoms with van der Waals surface area (Å²) in [5.41, 5.74) is 5.00. The second-order valence-corrected chi connectivity index (χ2v) is 14.7. The first kappa shape index (κ1) is 32.3. The molecule has 3 aromatic carbocycles. The Morgan fingerprint density at radius 2 is 1.32 bits per heavy atom. The van der Waals surface area contributed by atoms with Crippen molar-refractivity contribution in [1.29, 1.82) is 0 Å². The molecule has 0 bridgehead atoms. The van der Waals surface area contributed by atoms with Gasteiger partial charge >= 0.3 is 95.6 Å². The van der Waals surface area contributed by atoms with Crippen LogP contribution >= 0.6 is 0 Å². The average Bonchev–Trinajstić information content (AvgIpc) is 3.25. The summed E-state index contributed by atoms with van der Waals surface area (Å²) < 4.78 is 1.33. The van der Waals surface area contributed by atoms with Crippen molar-refractivity contribution in [3.05, 3.63) is 119 Å². The summed E-state index contributed by atoms with van der Waals surface area (Å²) in [5, 5.41) is 10.7. The standard InChI is InChI=1S/C13H10.C10H16OSi.C6H7.2ClH.Ti/c1-3-7-12(8-4-1)11-13-9-5-2-6-10-13;1-8-5-9(11)7-10(6-8)12(2,3)4;1-6-4-2-3-5-6;;;/h1-10H;5-7,11H,1-4H3;2,4H,3H2,1H3;2*1H;/q;;-1;;;+1/p-2. The van der Waals surface area contributed by atoms with Crippen molar-refractivity contribution in [2.75, 3.05) is 0 Å². The van der Waals surface area contributed by atoms with Crippen LogP contribution in [0, 0.1) is 13.0 Å². The number of phenols is 1. The number of halogens is 2. The fraction of sp³-hybridized carbons (Fsp3) is 0.207. The van der Waals surface area contributed by atoms with Gasteiger partial charge in [0.1, 0.15) is 5.75 Å². The molecule has 0 saturated carbocycles. The molecule has 0 unspecified atom stereocenters. The Labute approximate surface area is 230 Å². The summed E-state index contributed by atoms with van der Waals surface area (Å²) in [5.74, 6) is 0.396. The molecule has 34 heavy (non-hydrogen) atoms. The third-order valence-electron chi connectivity index (χ3n) is 4.92. The number of aromatic hydroxyl groups is 1. The van der Waals surface area contributed by atoms with Gasteiger partial charge in [0.2, 0.25) is 0 Å². The first-order valence-electron chi connectivity index (χ1n) is 10.9. The number of hydrogen-bond acceptors (Lipinski definition) is 1. The normalized spacial score (nSPS) is 11.4. The van der Waals surface area contributed by atoms with E-state index in [1.807, 2.05) is 25.1 Å². The molecule has 179 valence electrons. The van der Waals surface area contributed by atoms with Crippen LogP contribution in [0.25, 0.3) is 0 Å². The fourth-order valence-corrected chi connectivity index (χ4v) is 4.85. The Hall–Kier alpha value is -1.68. The SMILES string of the molecule is CC1=[C-]CC=C1.Cc1cc(O)cc([Si](C)(C)C)c1.[Cl-].[Cl-].[Ti+]=[C](c1ccccc1)c1ccccc1. The molecule has 0 spiro atoms. The molecular formula is C29H33Cl2OSiTi-2. The van der Waals surface area contributed by atoms with Gasteiger partial charge in [-0.05, 0) is 24.6 Å². The average molecular weight is 544 g/mol. The second-order valence-electron chi connectivity index (χ2n) is 8.88. The van der Waals surface area contributed by atoms with E-state index in [1.54, 1.807) is 6.07 Å². The minimum atomic E-state index is -1.26. The van der Waals surface area contributed by atoms with Crippen molar-refractivity contribution in [2.45, 2.75) is 39.9 Å². The van der Waals surface area contributed by atoms with Crippen LogP contribution in [-0.2, 0) is 20.0 Å². The summed E-state index contributed by atoms with van der Waals surface area (Å²) >= 11 is 2.16. The zero-order valence-electron chi connectivity index (χ0n) is 20.6. The van der Waals surface area contributed by atoms with Crippen LogP contribution in [0.1, 0.15) is 30.0 Å². The Balaban J connectivity index is 0.000000498. The number of hydrogen-bond donors (Lipinski definition) is 1. The van der Waals surface area contributed by atoms with Crippen molar-refractivity contribution in [2.24, 2.45) is 0 Å². The van der Waals surface area contributed by atoms with E-state index in [2.05, 4.69) is 119 Å². The van der Waals surface area contributed by atoms with Crippen LogP contribution in [-0.4, -0.2) is 17.0 Å². The molecular weight excluding hydrogens is 511 g/mol. The van der Waals surface area contributed by atoms with Gasteiger partial charge in [-0.25, -0.2) is 11.6 Å². The number of aryl methyl sites for hydroxylation is 1. The minimum absolute atomic E-state index is 0. The summed E-state index contributed by atoms with van der Waals surface area (Å²) in [6.45, 7) is 10.9. The number of rotatable bonds is 3. The van der Waals surface area contributed by atoms with Crippen molar-refractivity contribution >= 4 is 17.1 Å². The molecule has 0 heterocycles. The quantitative estimate of drug-likeness (QED) is 0.382. The van der Waals surface area contributed by atoms with Gasteiger partial charge in [-0.3, -0.25) is 6.08 Å². The van der Waals surface area contributed by atoms with Crippen LogP contribution in [0.2, 0.25) is 19.6 Å². The molecule has 0 fully saturated rings. The van der Waals surface area contributed by atoms with Gasteiger partial charge in [0.15, 0.2) is 0 Å². The van der Waals surface area contributed by atoms with E-state index in [0.29, 0.717) is 5.75 Å². The van der Waals surface area contributed by atoms with Crippen molar-refractivity contribution in [1.82, 2.24) is 0 Å². The van der Waals surface area contributed by atoms with Gasteiger partial charge in [-0.2, -0.15) is 6.08 Å². The van der Waals surface area contributed by atoms with Crippen LogP contribution in [0.15, 0.2) is 96.6 Å².